The van der Waals surface area contributed by atoms with Gasteiger partial charge in [0, 0.05) is 0 Å². The van der Waals surface area contributed by atoms with Crippen molar-refractivity contribution < 1.29 is 87.3 Å². The molecule has 3 rings (SSSR count). The van der Waals surface area contributed by atoms with E-state index < -0.39 is 132 Å². The van der Waals surface area contributed by atoms with Crippen LogP contribution in [0.4, 0.5) is 0 Å². The average Bonchev–Trinajstić information content (AvgIpc) is 3.19. The topological polar surface area (TPSA) is 433 Å². The van der Waals surface area contributed by atoms with Crippen LogP contribution in [0.25, 0.3) is 0 Å². The van der Waals surface area contributed by atoms with Crippen molar-refractivity contribution in [3.8, 4) is 0 Å². The minimum Gasteiger partial charge on any atom is -0.394 e. The van der Waals surface area contributed by atoms with E-state index in [9.17, 15) is 59.3 Å². The number of phosphoric ester groups is 2. The first kappa shape index (κ1) is 40.7. The van der Waals surface area contributed by atoms with Gasteiger partial charge in [-0.3, -0.25) is 9.05 Å². The first-order chi connectivity index (χ1) is 22.1. The summed E-state index contributed by atoms with van der Waals surface area (Å²) in [6.45, 7) is -0.736. The van der Waals surface area contributed by atoms with Gasteiger partial charge >= 0.3 is 15.6 Å². The van der Waals surface area contributed by atoms with E-state index in [2.05, 4.69) is 15.3 Å². The Morgan fingerprint density at radius 1 is 0.812 bits per heavy atom. The lowest BCUT2D eigenvalue weighted by atomic mass is 9.81. The van der Waals surface area contributed by atoms with Gasteiger partial charge in [-0.15, -0.1) is 0 Å². The van der Waals surface area contributed by atoms with Gasteiger partial charge in [0.25, 0.3) is 0 Å². The molecular weight excluding hydrogens is 700 g/mol. The number of likely N-dealkylation sites (N-methyl/N-ethyl adjacent to an activating group) is 1. The number of rotatable bonds is 13. The van der Waals surface area contributed by atoms with Crippen LogP contribution >= 0.6 is 15.6 Å². The van der Waals surface area contributed by atoms with E-state index >= 15 is 0 Å². The largest absolute Gasteiger partial charge is 0.470 e. The quantitative estimate of drug-likeness (QED) is 0.0473. The monoisotopic (exact) mass is 743 g/mol. The molecule has 0 radical (unpaired) electrons. The van der Waals surface area contributed by atoms with Crippen LogP contribution in [-0.2, 0) is 37.1 Å². The van der Waals surface area contributed by atoms with Crippen LogP contribution in [0.15, 0.2) is 9.98 Å². The molecule has 19 N–H and O–H groups in total. The first-order valence-corrected chi connectivity index (χ1v) is 17.1. The Labute approximate surface area is 271 Å². The minimum atomic E-state index is -5.43. The zero-order valence-corrected chi connectivity index (χ0v) is 27.1. The lowest BCUT2D eigenvalue weighted by Gasteiger charge is -2.47. The molecule has 2 heterocycles. The van der Waals surface area contributed by atoms with Crippen molar-refractivity contribution >= 4 is 27.6 Å². The highest BCUT2D eigenvalue weighted by molar-refractivity contribution is 7.46. The third-order valence-corrected chi connectivity index (χ3v) is 8.99. The normalized spacial score (nSPS) is 42.3. The number of nitrogens with one attached hydrogen (secondary N) is 1. The van der Waals surface area contributed by atoms with Gasteiger partial charge in [0.05, 0.1) is 25.4 Å². The Bertz CT molecular complexity index is 1250. The van der Waals surface area contributed by atoms with Crippen LogP contribution in [0, 0.1) is 0 Å². The predicted molar refractivity (Wildman–Crippen MR) is 156 cm³/mol. The summed E-state index contributed by atoms with van der Waals surface area (Å²) in [4.78, 5) is 45.5. The third-order valence-electron chi connectivity index (χ3n) is 7.95. The molecule has 0 unspecified atom stereocenters. The summed E-state index contributed by atoms with van der Waals surface area (Å²) in [5.41, 5.74) is 19.5. The zero-order valence-electron chi connectivity index (χ0n) is 25.3. The second-order valence-electron chi connectivity index (χ2n) is 11.2. The standard InChI is InChI=1S/C21H43N7O18P2/c1-5-21(34,4-30)16(44-17-9(26-2)15(46-48(38,39)40)10(31)6(3-29)42-17)18(41-5)43-13-7(27-19(22)23)11(32)8(28-20(24)25)14(12(13)33)45-47(35,36)37/h5-18,26,29-34H,3-4H2,1-2H3,(H4,22,23,27)(H4,24,25,28)(H2,35,36,37)(H2,38,39,40)/t5-,6-,7-,8+,9-,10-,11-,12-,13+,14-,15-,16-,17-,18-,21+/m0/s1. The lowest BCUT2D eigenvalue weighted by molar-refractivity contribution is -0.316. The van der Waals surface area contributed by atoms with Crippen molar-refractivity contribution in [1.82, 2.24) is 5.32 Å². The highest BCUT2D eigenvalue weighted by Gasteiger charge is 2.61. The van der Waals surface area contributed by atoms with Crippen molar-refractivity contribution in [3.05, 3.63) is 0 Å². The summed E-state index contributed by atoms with van der Waals surface area (Å²) in [6, 6.07) is -4.98. The van der Waals surface area contributed by atoms with Crippen molar-refractivity contribution in [2.45, 2.75) is 98.2 Å². The average molecular weight is 744 g/mol. The summed E-state index contributed by atoms with van der Waals surface area (Å²) in [5, 5.41) is 67.2. The molecule has 0 aromatic heterocycles. The van der Waals surface area contributed by atoms with E-state index in [1.165, 1.54) is 14.0 Å². The van der Waals surface area contributed by atoms with E-state index in [-0.39, 0.29) is 0 Å². The molecule has 27 heteroatoms. The van der Waals surface area contributed by atoms with E-state index in [4.69, 9.17) is 50.9 Å². The minimum absolute atomic E-state index is 0.671. The maximum Gasteiger partial charge on any atom is 0.470 e. The third kappa shape index (κ3) is 9.15. The van der Waals surface area contributed by atoms with Crippen molar-refractivity contribution in [2.75, 3.05) is 20.3 Å². The van der Waals surface area contributed by atoms with Crippen LogP contribution in [0.1, 0.15) is 6.92 Å². The molecule has 280 valence electrons. The smallest absolute Gasteiger partial charge is 0.394 e. The van der Waals surface area contributed by atoms with Crippen LogP contribution < -0.4 is 28.3 Å². The number of aliphatic hydroxyl groups is 6. The summed E-state index contributed by atoms with van der Waals surface area (Å²) < 4.78 is 56.1. The second kappa shape index (κ2) is 15.7. The molecule has 1 saturated carbocycles. The highest BCUT2D eigenvalue weighted by atomic mass is 31.2. The number of guanidine groups is 2. The molecule has 2 saturated heterocycles. The van der Waals surface area contributed by atoms with Gasteiger partial charge < -0.3 is 97.4 Å². The fraction of sp³-hybridized carbons (Fsp3) is 0.905. The van der Waals surface area contributed by atoms with E-state index in [1.807, 2.05) is 0 Å². The molecule has 0 amide bonds. The maximum absolute atomic E-state index is 11.8. The molecule has 0 spiro atoms. The second-order valence-corrected chi connectivity index (χ2v) is 13.6. The number of nitrogens with two attached hydrogens (primary N) is 4. The predicted octanol–water partition coefficient (Wildman–Crippen LogP) is -8.13. The highest BCUT2D eigenvalue weighted by Crippen LogP contribution is 2.45. The fourth-order valence-corrected chi connectivity index (χ4v) is 6.84. The number of aliphatic hydroxyl groups excluding tert-OH is 5. The van der Waals surface area contributed by atoms with Crippen LogP contribution in [0.2, 0.25) is 0 Å². The van der Waals surface area contributed by atoms with Crippen molar-refractivity contribution in [2.24, 2.45) is 32.9 Å². The molecule has 1 aliphatic carbocycles. The summed E-state index contributed by atoms with van der Waals surface area (Å²) in [5.74, 6) is -1.36. The maximum atomic E-state index is 11.8. The van der Waals surface area contributed by atoms with E-state index in [0.717, 1.165) is 0 Å². The molecule has 3 fully saturated rings. The van der Waals surface area contributed by atoms with Gasteiger partial charge in [0.2, 0.25) is 0 Å². The number of nitrogens with zero attached hydrogens (tertiary/aromatic N) is 2. The zero-order chi connectivity index (χ0) is 36.5. The molecule has 48 heavy (non-hydrogen) atoms. The Kier molecular flexibility index (Phi) is 13.3. The number of aliphatic imine (C=N–C) groups is 2. The van der Waals surface area contributed by atoms with Gasteiger partial charge in [-0.2, -0.15) is 0 Å². The number of ether oxygens (including phenoxy) is 4. The van der Waals surface area contributed by atoms with Crippen molar-refractivity contribution in [1.29, 1.82) is 0 Å². The SMILES string of the molecule is CN[C@@H]1[C@H](O[C@H]2[C@H](O[C@H]3[C@H](O)[C@@H](OP(=O)(O)O)[C@H](N=C(N)N)[C@@H](O)[C@@H]3N=C(N)N)O[C@@H](C)[C@]2(O)CO)O[C@@H](CO)[C@H](O)[C@H]1OP(=O)(O)O. The molecule has 3 aliphatic rings. The Morgan fingerprint density at radius 3 is 1.79 bits per heavy atom. The van der Waals surface area contributed by atoms with Crippen molar-refractivity contribution in [3.63, 3.8) is 0 Å². The Hall–Kier alpha value is -1.68. The van der Waals surface area contributed by atoms with Gasteiger partial charge in [0.15, 0.2) is 24.5 Å². The van der Waals surface area contributed by atoms with Crippen LogP contribution in [0.3, 0.4) is 0 Å². The summed E-state index contributed by atoms with van der Waals surface area (Å²) >= 11 is 0. The van der Waals surface area contributed by atoms with E-state index in [0.29, 0.717) is 0 Å². The van der Waals surface area contributed by atoms with Crippen LogP contribution in [-0.4, -0.2) is 174 Å². The molecule has 25 nitrogen and oxygen atoms in total. The number of hydrogen-bond acceptors (Lipinski definition) is 17. The molecule has 0 bridgehead atoms. The van der Waals surface area contributed by atoms with Crippen LogP contribution in [0.5, 0.6) is 0 Å². The van der Waals surface area contributed by atoms with Gasteiger partial charge in [-0.05, 0) is 14.0 Å². The molecular formula is C21H43N7O18P2. The number of phosphoric acid groups is 2. The lowest BCUT2D eigenvalue weighted by Crippen LogP contribution is -2.67. The molecule has 0 aromatic rings. The Balaban J connectivity index is 2.07. The van der Waals surface area contributed by atoms with E-state index in [1.54, 1.807) is 0 Å². The number of hydrogen-bond donors (Lipinski definition) is 15. The first-order valence-electron chi connectivity index (χ1n) is 14.0. The van der Waals surface area contributed by atoms with Gasteiger partial charge in [-0.1, -0.05) is 0 Å². The molecule has 15 atom stereocenters. The summed E-state index contributed by atoms with van der Waals surface area (Å²) in [6.07, 6.45) is -20.3. The fourth-order valence-electron chi connectivity index (χ4n) is 5.70. The summed E-state index contributed by atoms with van der Waals surface area (Å²) in [7, 11) is -9.44. The Morgan fingerprint density at radius 2 is 1.33 bits per heavy atom. The van der Waals surface area contributed by atoms with Gasteiger partial charge in [0.1, 0.15) is 66.5 Å². The molecule has 2 aliphatic heterocycles. The van der Waals surface area contributed by atoms with Gasteiger partial charge in [-0.25, -0.2) is 19.1 Å². The molecule has 0 aromatic carbocycles.